The second kappa shape index (κ2) is 5.29. The Balaban J connectivity index is 2.79. The van der Waals surface area contributed by atoms with Crippen LogP contribution in [-0.4, -0.2) is 33.7 Å². The maximum absolute atomic E-state index is 10.2. The van der Waals surface area contributed by atoms with Crippen LogP contribution in [0, 0.1) is 6.92 Å². The number of aliphatic hydroxyl groups is 1. The van der Waals surface area contributed by atoms with Crippen LogP contribution in [0.4, 0.5) is 0 Å². The monoisotopic (exact) mass is 290 g/mol. The topological polar surface area (TPSA) is 47.3 Å². The second-order valence-corrected chi connectivity index (χ2v) is 5.07. The van der Waals surface area contributed by atoms with E-state index in [0.717, 1.165) is 15.9 Å². The van der Waals surface area contributed by atoms with Gasteiger partial charge in [0.05, 0.1) is 28.1 Å². The average Bonchev–Trinajstić information content (AvgIpc) is 2.42. The molecule has 1 aromatic rings. The quantitative estimate of drug-likeness (QED) is 0.900. The molecule has 5 heteroatoms. The molecule has 0 amide bonds. The average molecular weight is 291 g/mol. The molecule has 92 valence electrons. The molecule has 0 fully saturated rings. The van der Waals surface area contributed by atoms with Crippen molar-refractivity contribution in [2.24, 2.45) is 7.05 Å². The highest BCUT2D eigenvalue weighted by molar-refractivity contribution is 9.10. The van der Waals surface area contributed by atoms with E-state index in [1.807, 2.05) is 20.9 Å². The van der Waals surface area contributed by atoms with E-state index in [-0.39, 0.29) is 0 Å². The van der Waals surface area contributed by atoms with Gasteiger partial charge in [0.1, 0.15) is 0 Å². The molecule has 1 N–H and O–H groups in total. The molecule has 0 bridgehead atoms. The van der Waals surface area contributed by atoms with Crippen LogP contribution in [-0.2, 0) is 18.2 Å². The minimum Gasteiger partial charge on any atom is -0.387 e. The van der Waals surface area contributed by atoms with Gasteiger partial charge in [0, 0.05) is 20.1 Å². The van der Waals surface area contributed by atoms with Crippen molar-refractivity contribution >= 4 is 15.9 Å². The van der Waals surface area contributed by atoms with Gasteiger partial charge in [-0.1, -0.05) is 0 Å². The molecule has 0 aliphatic rings. The zero-order valence-electron chi connectivity index (χ0n) is 10.2. The first-order chi connectivity index (χ1) is 7.37. The highest BCUT2D eigenvalue weighted by atomic mass is 79.9. The summed E-state index contributed by atoms with van der Waals surface area (Å²) in [4.78, 5) is 0. The summed E-state index contributed by atoms with van der Waals surface area (Å²) in [6.07, 6.45) is 0.519. The van der Waals surface area contributed by atoms with Crippen molar-refractivity contribution < 1.29 is 9.84 Å². The van der Waals surface area contributed by atoms with Crippen LogP contribution in [0.25, 0.3) is 0 Å². The van der Waals surface area contributed by atoms with Crippen LogP contribution in [0.15, 0.2) is 4.47 Å². The lowest BCUT2D eigenvalue weighted by molar-refractivity contribution is -0.0308. The fraction of sp³-hybridized carbons (Fsp3) is 0.727. The smallest absolute Gasteiger partial charge is 0.0907 e. The largest absolute Gasteiger partial charge is 0.387 e. The molecule has 1 unspecified atom stereocenters. The summed E-state index contributed by atoms with van der Waals surface area (Å²) in [6, 6.07) is 0. The fourth-order valence-corrected chi connectivity index (χ4v) is 2.08. The molecule has 0 aromatic carbocycles. The van der Waals surface area contributed by atoms with Gasteiger partial charge in [-0.2, -0.15) is 5.10 Å². The lowest BCUT2D eigenvalue weighted by Gasteiger charge is -2.23. The molecule has 0 aliphatic heterocycles. The Morgan fingerprint density at radius 1 is 1.56 bits per heavy atom. The Hall–Kier alpha value is -0.390. The van der Waals surface area contributed by atoms with Crippen molar-refractivity contribution in [2.45, 2.75) is 32.8 Å². The van der Waals surface area contributed by atoms with E-state index in [1.54, 1.807) is 11.6 Å². The Morgan fingerprint density at radius 3 is 2.62 bits per heavy atom. The van der Waals surface area contributed by atoms with Gasteiger partial charge in [-0.15, -0.1) is 0 Å². The van der Waals surface area contributed by atoms with Gasteiger partial charge in [0.25, 0.3) is 0 Å². The lowest BCUT2D eigenvalue weighted by atomic mass is 10.0. The molecule has 0 saturated carbocycles. The molecule has 1 atom stereocenters. The maximum atomic E-state index is 10.2. The van der Waals surface area contributed by atoms with E-state index in [2.05, 4.69) is 21.0 Å². The van der Waals surface area contributed by atoms with Gasteiger partial charge in [-0.3, -0.25) is 4.68 Å². The molecule has 0 spiro atoms. The van der Waals surface area contributed by atoms with E-state index in [9.17, 15) is 5.11 Å². The number of hydrogen-bond acceptors (Lipinski definition) is 3. The van der Waals surface area contributed by atoms with Gasteiger partial charge in [0.2, 0.25) is 0 Å². The zero-order valence-corrected chi connectivity index (χ0v) is 11.8. The minimum absolute atomic E-state index is 0.333. The van der Waals surface area contributed by atoms with Crippen LogP contribution < -0.4 is 0 Å². The van der Waals surface area contributed by atoms with E-state index >= 15 is 0 Å². The van der Waals surface area contributed by atoms with Crippen molar-refractivity contribution in [3.05, 3.63) is 15.9 Å². The lowest BCUT2D eigenvalue weighted by Crippen LogP contribution is -2.34. The van der Waals surface area contributed by atoms with Crippen molar-refractivity contribution in [1.29, 1.82) is 0 Å². The Labute approximate surface area is 105 Å². The van der Waals surface area contributed by atoms with Crippen LogP contribution in [0.5, 0.6) is 0 Å². The SMILES string of the molecule is CCOCC(C)(O)Cc1c(Br)c(C)nn1C. The second-order valence-electron chi connectivity index (χ2n) is 4.28. The predicted octanol–water partition coefficient (Wildman–Crippen LogP) is 1.82. The van der Waals surface area contributed by atoms with Crippen molar-refractivity contribution in [3.63, 3.8) is 0 Å². The first-order valence-electron chi connectivity index (χ1n) is 5.35. The Morgan fingerprint density at radius 2 is 2.19 bits per heavy atom. The zero-order chi connectivity index (χ0) is 12.3. The van der Waals surface area contributed by atoms with Gasteiger partial charge in [0.15, 0.2) is 0 Å². The van der Waals surface area contributed by atoms with Crippen LogP contribution in [0.2, 0.25) is 0 Å². The molecular weight excluding hydrogens is 272 g/mol. The Bertz CT molecular complexity index is 361. The van der Waals surface area contributed by atoms with Crippen LogP contribution in [0.1, 0.15) is 25.2 Å². The first-order valence-corrected chi connectivity index (χ1v) is 6.15. The molecule has 1 aromatic heterocycles. The summed E-state index contributed by atoms with van der Waals surface area (Å²) in [6.45, 7) is 6.57. The summed E-state index contributed by atoms with van der Waals surface area (Å²) < 4.78 is 8.02. The number of aromatic nitrogens is 2. The fourth-order valence-electron chi connectivity index (χ4n) is 1.61. The molecule has 1 rings (SSSR count). The van der Waals surface area contributed by atoms with Crippen LogP contribution in [0.3, 0.4) is 0 Å². The number of aryl methyl sites for hydroxylation is 2. The third kappa shape index (κ3) is 3.30. The summed E-state index contributed by atoms with van der Waals surface area (Å²) in [7, 11) is 1.88. The molecule has 1 heterocycles. The summed E-state index contributed by atoms with van der Waals surface area (Å²) in [5.41, 5.74) is 1.06. The van der Waals surface area contributed by atoms with Crippen LogP contribution >= 0.6 is 15.9 Å². The number of ether oxygens (including phenoxy) is 1. The van der Waals surface area contributed by atoms with Gasteiger partial charge in [-0.05, 0) is 36.7 Å². The molecule has 0 aliphatic carbocycles. The van der Waals surface area contributed by atoms with Gasteiger partial charge in [-0.25, -0.2) is 0 Å². The number of halogens is 1. The highest BCUT2D eigenvalue weighted by Crippen LogP contribution is 2.24. The van der Waals surface area contributed by atoms with E-state index in [4.69, 9.17) is 4.74 Å². The van der Waals surface area contributed by atoms with E-state index in [1.165, 1.54) is 0 Å². The molecule has 16 heavy (non-hydrogen) atoms. The third-order valence-corrected chi connectivity index (χ3v) is 3.46. The minimum atomic E-state index is -0.862. The maximum Gasteiger partial charge on any atom is 0.0907 e. The first kappa shape index (κ1) is 13.7. The summed E-state index contributed by atoms with van der Waals surface area (Å²) >= 11 is 3.49. The summed E-state index contributed by atoms with van der Waals surface area (Å²) in [5.74, 6) is 0. The predicted molar refractivity (Wildman–Crippen MR) is 66.5 cm³/mol. The molecular formula is C11H19BrN2O2. The van der Waals surface area contributed by atoms with Crippen molar-refractivity contribution in [2.75, 3.05) is 13.2 Å². The summed E-state index contributed by atoms with van der Waals surface area (Å²) in [5, 5.41) is 14.5. The molecule has 0 radical (unpaired) electrons. The number of hydrogen-bond donors (Lipinski definition) is 1. The highest BCUT2D eigenvalue weighted by Gasteiger charge is 2.25. The standard InChI is InChI=1S/C11H19BrN2O2/c1-5-16-7-11(3,15)6-9-10(12)8(2)13-14(9)4/h15H,5-7H2,1-4H3. The normalized spacial score (nSPS) is 15.1. The van der Waals surface area contributed by atoms with Gasteiger partial charge >= 0.3 is 0 Å². The third-order valence-electron chi connectivity index (χ3n) is 2.43. The van der Waals surface area contributed by atoms with E-state index < -0.39 is 5.60 Å². The van der Waals surface area contributed by atoms with E-state index in [0.29, 0.717) is 19.6 Å². The van der Waals surface area contributed by atoms with Gasteiger partial charge < -0.3 is 9.84 Å². The number of rotatable bonds is 5. The van der Waals surface area contributed by atoms with Crippen molar-refractivity contribution in [1.82, 2.24) is 9.78 Å². The van der Waals surface area contributed by atoms with Crippen molar-refractivity contribution in [3.8, 4) is 0 Å². The molecule has 0 saturated heterocycles. The number of nitrogens with zero attached hydrogens (tertiary/aromatic N) is 2. The molecule has 4 nitrogen and oxygen atoms in total. The Kier molecular flexibility index (Phi) is 4.52.